The third kappa shape index (κ3) is 5.06. The van der Waals surface area contributed by atoms with E-state index in [0.717, 1.165) is 13.0 Å². The predicted octanol–water partition coefficient (Wildman–Crippen LogP) is 2.24. The van der Waals surface area contributed by atoms with Crippen molar-refractivity contribution in [2.45, 2.75) is 18.2 Å². The number of rotatable bonds is 9. The summed E-state index contributed by atoms with van der Waals surface area (Å²) in [6.45, 7) is 4.13. The van der Waals surface area contributed by atoms with E-state index < -0.39 is 10.0 Å². The minimum atomic E-state index is -3.74. The first-order chi connectivity index (χ1) is 12.5. The lowest BCUT2D eigenvalue weighted by molar-refractivity contribution is 0.0953. The molecule has 0 aliphatic heterocycles. The molecule has 0 aromatic heterocycles. The van der Waals surface area contributed by atoms with Gasteiger partial charge in [-0.05, 0) is 43.3 Å². The van der Waals surface area contributed by atoms with E-state index in [-0.39, 0.29) is 10.8 Å². The van der Waals surface area contributed by atoms with E-state index in [1.165, 1.54) is 23.5 Å². The Labute approximate surface area is 155 Å². The van der Waals surface area contributed by atoms with Crippen LogP contribution in [-0.4, -0.2) is 41.0 Å². The maximum absolute atomic E-state index is 12.8. The number of carbonyl (C=O) groups excluding carboxylic acids is 1. The fraction of sp³-hybridized carbons (Fsp3) is 0.316. The Morgan fingerprint density at radius 2 is 1.73 bits per heavy atom. The van der Waals surface area contributed by atoms with Crippen LogP contribution in [0.5, 0.6) is 0 Å². The van der Waals surface area contributed by atoms with Crippen LogP contribution in [0.15, 0.2) is 59.5 Å². The topological polar surface area (TPSA) is 78.5 Å². The summed E-state index contributed by atoms with van der Waals surface area (Å²) in [5, 5.41) is 5.98. The first-order valence-electron chi connectivity index (χ1n) is 8.59. The first kappa shape index (κ1) is 19.9. The molecule has 0 spiro atoms. The molecule has 6 nitrogen and oxygen atoms in total. The lowest BCUT2D eigenvalue weighted by Gasteiger charge is -2.19. The Morgan fingerprint density at radius 1 is 1.00 bits per heavy atom. The third-order valence-corrected chi connectivity index (χ3v) is 5.67. The fourth-order valence-corrected chi connectivity index (χ4v) is 3.64. The standard InChI is InChI=1S/C19H25N3O3S/c1-3-12-20-13-14-21-19(23)16-8-7-11-18(15-16)26(24,25)22(2)17-9-5-4-6-10-17/h4-11,15,20H,3,12-14H2,1-2H3,(H,21,23). The zero-order chi connectivity index (χ0) is 19.0. The summed E-state index contributed by atoms with van der Waals surface area (Å²) in [7, 11) is -2.24. The maximum atomic E-state index is 12.8. The molecule has 2 aromatic rings. The molecule has 0 aliphatic carbocycles. The second-order valence-corrected chi connectivity index (χ2v) is 7.81. The maximum Gasteiger partial charge on any atom is 0.264 e. The van der Waals surface area contributed by atoms with Gasteiger partial charge in [-0.25, -0.2) is 8.42 Å². The Kier molecular flexibility index (Phi) is 7.17. The van der Waals surface area contributed by atoms with Crippen LogP contribution in [0.1, 0.15) is 23.7 Å². The van der Waals surface area contributed by atoms with Gasteiger partial charge in [0.15, 0.2) is 0 Å². The molecule has 1 amide bonds. The van der Waals surface area contributed by atoms with Gasteiger partial charge in [0.25, 0.3) is 15.9 Å². The molecule has 2 rings (SSSR count). The number of benzene rings is 2. The first-order valence-corrected chi connectivity index (χ1v) is 10.0. The third-order valence-electron chi connectivity index (χ3n) is 3.89. The molecular formula is C19H25N3O3S. The normalized spacial score (nSPS) is 11.2. The van der Waals surface area contributed by atoms with Crippen LogP contribution in [0.25, 0.3) is 0 Å². The van der Waals surface area contributed by atoms with Crippen molar-refractivity contribution in [3.05, 3.63) is 60.2 Å². The zero-order valence-electron chi connectivity index (χ0n) is 15.1. The molecule has 7 heteroatoms. The summed E-state index contributed by atoms with van der Waals surface area (Å²) < 4.78 is 26.9. The van der Waals surface area contributed by atoms with Gasteiger partial charge in [0.05, 0.1) is 10.6 Å². The zero-order valence-corrected chi connectivity index (χ0v) is 15.9. The molecule has 0 aliphatic rings. The molecule has 0 unspecified atom stereocenters. The molecule has 0 heterocycles. The van der Waals surface area contributed by atoms with E-state index in [2.05, 4.69) is 17.6 Å². The van der Waals surface area contributed by atoms with Crippen LogP contribution in [0.4, 0.5) is 5.69 Å². The average molecular weight is 375 g/mol. The Bertz CT molecular complexity index is 823. The van der Waals surface area contributed by atoms with Gasteiger partial charge in [-0.2, -0.15) is 0 Å². The van der Waals surface area contributed by atoms with Gasteiger partial charge in [0.2, 0.25) is 0 Å². The number of hydrogen-bond donors (Lipinski definition) is 2. The van der Waals surface area contributed by atoms with E-state index in [1.807, 2.05) is 6.07 Å². The SMILES string of the molecule is CCCNCCNC(=O)c1cccc(S(=O)(=O)N(C)c2ccccc2)c1. The van der Waals surface area contributed by atoms with Crippen LogP contribution in [-0.2, 0) is 10.0 Å². The Hall–Kier alpha value is -2.38. The van der Waals surface area contributed by atoms with Crippen LogP contribution < -0.4 is 14.9 Å². The van der Waals surface area contributed by atoms with Crippen molar-refractivity contribution in [2.75, 3.05) is 31.0 Å². The van der Waals surface area contributed by atoms with Crippen molar-refractivity contribution in [1.29, 1.82) is 0 Å². The highest BCUT2D eigenvalue weighted by Crippen LogP contribution is 2.22. The van der Waals surface area contributed by atoms with Gasteiger partial charge in [-0.3, -0.25) is 9.10 Å². The van der Waals surface area contributed by atoms with Crippen LogP contribution in [0.3, 0.4) is 0 Å². The number of sulfonamides is 1. The van der Waals surface area contributed by atoms with Gasteiger partial charge >= 0.3 is 0 Å². The lowest BCUT2D eigenvalue weighted by Crippen LogP contribution is -2.32. The fourth-order valence-electron chi connectivity index (χ4n) is 2.40. The summed E-state index contributed by atoms with van der Waals surface area (Å²) in [6, 6.07) is 14.9. The highest BCUT2D eigenvalue weighted by atomic mass is 32.2. The van der Waals surface area contributed by atoms with Crippen LogP contribution in [0, 0.1) is 0 Å². The van der Waals surface area contributed by atoms with Crippen molar-refractivity contribution in [1.82, 2.24) is 10.6 Å². The number of hydrogen-bond acceptors (Lipinski definition) is 4. The molecule has 0 bridgehead atoms. The number of anilines is 1. The van der Waals surface area contributed by atoms with Crippen molar-refractivity contribution >= 4 is 21.6 Å². The summed E-state index contributed by atoms with van der Waals surface area (Å²) in [6.07, 6.45) is 1.03. The quantitative estimate of drug-likeness (QED) is 0.659. The summed E-state index contributed by atoms with van der Waals surface area (Å²) in [5.41, 5.74) is 0.882. The van der Waals surface area contributed by atoms with Gasteiger partial charge in [0.1, 0.15) is 0 Å². The van der Waals surface area contributed by atoms with Crippen molar-refractivity contribution in [2.24, 2.45) is 0 Å². The summed E-state index contributed by atoms with van der Waals surface area (Å²) in [4.78, 5) is 12.3. The minimum Gasteiger partial charge on any atom is -0.351 e. The lowest BCUT2D eigenvalue weighted by atomic mass is 10.2. The van der Waals surface area contributed by atoms with E-state index in [4.69, 9.17) is 0 Å². The monoisotopic (exact) mass is 375 g/mol. The Balaban J connectivity index is 2.11. The largest absolute Gasteiger partial charge is 0.351 e. The smallest absolute Gasteiger partial charge is 0.264 e. The van der Waals surface area contributed by atoms with Gasteiger partial charge in [0, 0.05) is 25.7 Å². The van der Waals surface area contributed by atoms with Crippen LogP contribution >= 0.6 is 0 Å². The molecule has 0 fully saturated rings. The molecule has 140 valence electrons. The number of nitrogens with one attached hydrogen (secondary N) is 2. The molecule has 2 aromatic carbocycles. The molecular weight excluding hydrogens is 350 g/mol. The van der Waals surface area contributed by atoms with Crippen LogP contribution in [0.2, 0.25) is 0 Å². The second-order valence-electron chi connectivity index (χ2n) is 5.84. The van der Waals surface area contributed by atoms with Crippen molar-refractivity contribution in [3.63, 3.8) is 0 Å². The Morgan fingerprint density at radius 3 is 2.42 bits per heavy atom. The van der Waals surface area contributed by atoms with E-state index in [9.17, 15) is 13.2 Å². The molecule has 0 saturated carbocycles. The number of nitrogens with zero attached hydrogens (tertiary/aromatic N) is 1. The summed E-state index contributed by atoms with van der Waals surface area (Å²) in [5.74, 6) is -0.289. The molecule has 0 atom stereocenters. The molecule has 2 N–H and O–H groups in total. The molecule has 26 heavy (non-hydrogen) atoms. The van der Waals surface area contributed by atoms with Gasteiger partial charge < -0.3 is 10.6 Å². The minimum absolute atomic E-state index is 0.0839. The van der Waals surface area contributed by atoms with Gasteiger partial charge in [-0.1, -0.05) is 31.2 Å². The molecule has 0 saturated heterocycles. The summed E-state index contributed by atoms with van der Waals surface area (Å²) >= 11 is 0. The number of carbonyl (C=O) groups is 1. The highest BCUT2D eigenvalue weighted by molar-refractivity contribution is 7.92. The number of para-hydroxylation sites is 1. The van der Waals surface area contributed by atoms with E-state index >= 15 is 0 Å². The number of amides is 1. The average Bonchev–Trinajstić information content (AvgIpc) is 2.67. The van der Waals surface area contributed by atoms with E-state index in [1.54, 1.807) is 36.4 Å². The van der Waals surface area contributed by atoms with Crippen molar-refractivity contribution in [3.8, 4) is 0 Å². The second kappa shape index (κ2) is 9.35. The van der Waals surface area contributed by atoms with Gasteiger partial charge in [-0.15, -0.1) is 0 Å². The van der Waals surface area contributed by atoms with E-state index in [0.29, 0.717) is 24.3 Å². The van der Waals surface area contributed by atoms with Crippen molar-refractivity contribution < 1.29 is 13.2 Å². The molecule has 0 radical (unpaired) electrons. The highest BCUT2D eigenvalue weighted by Gasteiger charge is 2.22. The predicted molar refractivity (Wildman–Crippen MR) is 104 cm³/mol.